The molecule has 2 aliphatic rings. The molecule has 5 nitrogen and oxygen atoms in total. The van der Waals surface area contributed by atoms with Crippen molar-refractivity contribution < 1.29 is 15.3 Å². The Labute approximate surface area is 284 Å². The minimum atomic E-state index is -1.19. The van der Waals surface area contributed by atoms with Crippen LogP contribution in [0.25, 0.3) is 0 Å². The van der Waals surface area contributed by atoms with Gasteiger partial charge in [-0.05, 0) is 68.0 Å². The van der Waals surface area contributed by atoms with Gasteiger partial charge in [0.25, 0.3) is 0 Å². The maximum Gasteiger partial charge on any atom is 0.130 e. The number of aryl methyl sites for hydroxylation is 1. The third-order valence-corrected chi connectivity index (χ3v) is 10.7. The Bertz CT molecular complexity index is 1590. The monoisotopic (exact) mass is 638 g/mol. The van der Waals surface area contributed by atoms with Crippen molar-refractivity contribution in [3.05, 3.63) is 172 Å². The van der Waals surface area contributed by atoms with E-state index in [9.17, 15) is 15.3 Å². The fourth-order valence-corrected chi connectivity index (χ4v) is 8.46. The number of likely N-dealkylation sites (tertiary alicyclic amines) is 2. The number of aliphatic hydroxyl groups is 2. The predicted octanol–water partition coefficient (Wildman–Crippen LogP) is 7.50. The second-order valence-electron chi connectivity index (χ2n) is 13.7. The highest BCUT2D eigenvalue weighted by molar-refractivity contribution is 5.45. The smallest absolute Gasteiger partial charge is 0.130 e. The maximum absolute atomic E-state index is 12.6. The number of hydrogen-bond acceptors (Lipinski definition) is 5. The number of phenols is 1. The van der Waals surface area contributed by atoms with Crippen molar-refractivity contribution in [1.82, 2.24) is 9.80 Å². The van der Waals surface area contributed by atoms with Crippen LogP contribution >= 0.6 is 0 Å². The lowest BCUT2D eigenvalue weighted by Crippen LogP contribution is -2.48. The van der Waals surface area contributed by atoms with Crippen LogP contribution in [0.3, 0.4) is 0 Å². The third-order valence-electron chi connectivity index (χ3n) is 10.7. The number of rotatable bonds is 10. The maximum atomic E-state index is 12.6. The Morgan fingerprint density at radius 1 is 0.542 bits per heavy atom. The molecule has 1 unspecified atom stereocenters. The number of benzene rings is 5. The average Bonchev–Trinajstić information content (AvgIpc) is 3.81. The molecule has 48 heavy (non-hydrogen) atoms. The van der Waals surface area contributed by atoms with Gasteiger partial charge in [-0.2, -0.15) is 0 Å². The van der Waals surface area contributed by atoms with Crippen molar-refractivity contribution in [3.63, 3.8) is 0 Å². The van der Waals surface area contributed by atoms with Gasteiger partial charge in [-0.1, -0.05) is 139 Å². The molecule has 5 heteroatoms. The number of nitrogens with zero attached hydrogens (tertiary/aromatic N) is 2. The van der Waals surface area contributed by atoms with Crippen LogP contribution in [0.2, 0.25) is 0 Å². The molecule has 0 radical (unpaired) electrons. The van der Waals surface area contributed by atoms with Crippen LogP contribution in [0, 0.1) is 6.92 Å². The van der Waals surface area contributed by atoms with Gasteiger partial charge >= 0.3 is 0 Å². The van der Waals surface area contributed by atoms with Gasteiger partial charge in [-0.3, -0.25) is 9.80 Å². The summed E-state index contributed by atoms with van der Waals surface area (Å²) in [6.07, 6.45) is 3.65. The zero-order valence-corrected chi connectivity index (χ0v) is 27.7. The molecule has 0 aliphatic carbocycles. The van der Waals surface area contributed by atoms with E-state index in [-0.39, 0.29) is 12.1 Å². The van der Waals surface area contributed by atoms with Gasteiger partial charge < -0.3 is 15.3 Å². The molecule has 7 rings (SSSR count). The standard InChI is InChI=1S/C43H46N2O3/c1-32-28-33(30-44-26-14-24-39(44)42(47,35-16-6-2-7-17-35)36-18-8-3-9-19-36)41(46)34(29-32)31-45-27-15-25-40(45)43(48,37-20-10-4-11-21-37)38-22-12-5-13-23-38/h2-13,16-23,28-29,39-40,46-48H,14-15,24-27,30-31H2,1H3/t39-,40?/m0/s1. The van der Waals surface area contributed by atoms with Crippen LogP contribution in [0.15, 0.2) is 133 Å². The molecule has 3 N–H and O–H groups in total. The van der Waals surface area contributed by atoms with E-state index in [1.54, 1.807) is 0 Å². The van der Waals surface area contributed by atoms with E-state index in [1.165, 1.54) is 0 Å². The van der Waals surface area contributed by atoms with Gasteiger partial charge in [0.15, 0.2) is 0 Å². The minimum Gasteiger partial charge on any atom is -0.507 e. The lowest BCUT2D eigenvalue weighted by molar-refractivity contribution is -0.00734. The van der Waals surface area contributed by atoms with E-state index >= 15 is 0 Å². The summed E-state index contributed by atoms with van der Waals surface area (Å²) in [7, 11) is 0. The number of aromatic hydroxyl groups is 1. The molecular formula is C43H46N2O3. The summed E-state index contributed by atoms with van der Waals surface area (Å²) in [5.41, 5.74) is 3.98. The van der Waals surface area contributed by atoms with Gasteiger partial charge in [0, 0.05) is 36.3 Å². The Morgan fingerprint density at radius 2 is 0.854 bits per heavy atom. The predicted molar refractivity (Wildman–Crippen MR) is 191 cm³/mol. The summed E-state index contributed by atoms with van der Waals surface area (Å²) in [5, 5.41) is 37.2. The number of phenolic OH excluding ortho intramolecular Hbond substituents is 1. The SMILES string of the molecule is Cc1cc(CN2CCCC2C(O)(c2ccccc2)c2ccccc2)c(O)c(CN2CCC[C@H]2C(O)(c2ccccc2)c2ccccc2)c1. The van der Waals surface area contributed by atoms with Gasteiger partial charge in [-0.15, -0.1) is 0 Å². The lowest BCUT2D eigenvalue weighted by Gasteiger charge is -2.41. The highest BCUT2D eigenvalue weighted by atomic mass is 16.3. The Hall–Kier alpha value is -4.26. The third kappa shape index (κ3) is 5.97. The van der Waals surface area contributed by atoms with Gasteiger partial charge in [0.2, 0.25) is 0 Å². The van der Waals surface area contributed by atoms with Crippen molar-refractivity contribution in [1.29, 1.82) is 0 Å². The minimum absolute atomic E-state index is 0.152. The molecule has 2 aliphatic heterocycles. The first-order valence-electron chi connectivity index (χ1n) is 17.4. The first kappa shape index (κ1) is 32.3. The van der Waals surface area contributed by atoms with E-state index in [2.05, 4.69) is 28.9 Å². The van der Waals surface area contributed by atoms with E-state index in [0.717, 1.165) is 77.7 Å². The second-order valence-corrected chi connectivity index (χ2v) is 13.7. The quantitative estimate of drug-likeness (QED) is 0.148. The van der Waals surface area contributed by atoms with Crippen LogP contribution in [-0.4, -0.2) is 50.3 Å². The average molecular weight is 639 g/mol. The highest BCUT2D eigenvalue weighted by Gasteiger charge is 2.47. The summed E-state index contributed by atoms with van der Waals surface area (Å²) < 4.78 is 0. The first-order valence-corrected chi connectivity index (χ1v) is 17.4. The summed E-state index contributed by atoms with van der Waals surface area (Å²) in [6.45, 7) is 4.84. The molecule has 5 aromatic rings. The van der Waals surface area contributed by atoms with Crippen molar-refractivity contribution in [2.24, 2.45) is 0 Å². The normalized spacial score (nSPS) is 19.1. The highest BCUT2D eigenvalue weighted by Crippen LogP contribution is 2.43. The molecule has 246 valence electrons. The van der Waals surface area contributed by atoms with Gasteiger partial charge in [-0.25, -0.2) is 0 Å². The van der Waals surface area contributed by atoms with Crippen LogP contribution < -0.4 is 0 Å². The van der Waals surface area contributed by atoms with Crippen molar-refractivity contribution in [3.8, 4) is 5.75 Å². The zero-order valence-electron chi connectivity index (χ0n) is 27.7. The fourth-order valence-electron chi connectivity index (χ4n) is 8.46. The number of hydrogen-bond donors (Lipinski definition) is 3. The van der Waals surface area contributed by atoms with Gasteiger partial charge in [0.05, 0.1) is 0 Å². The molecule has 0 amide bonds. The summed E-state index contributed by atoms with van der Waals surface area (Å²) >= 11 is 0. The first-order chi connectivity index (χ1) is 23.4. The van der Waals surface area contributed by atoms with E-state index in [0.29, 0.717) is 18.8 Å². The fraction of sp³-hybridized carbons (Fsp3) is 0.302. The van der Waals surface area contributed by atoms with E-state index in [1.807, 2.05) is 121 Å². The summed E-state index contributed by atoms with van der Waals surface area (Å²) in [4.78, 5) is 4.70. The topological polar surface area (TPSA) is 67.2 Å². The zero-order chi connectivity index (χ0) is 33.1. The molecule has 2 saturated heterocycles. The van der Waals surface area contributed by atoms with Crippen molar-refractivity contribution in [2.45, 2.75) is 69.0 Å². The van der Waals surface area contributed by atoms with Crippen LogP contribution in [0.1, 0.15) is 64.6 Å². The second kappa shape index (κ2) is 13.7. The molecule has 2 fully saturated rings. The molecule has 0 bridgehead atoms. The summed E-state index contributed by atoms with van der Waals surface area (Å²) in [6, 6.07) is 43.9. The molecule has 0 saturated carbocycles. The van der Waals surface area contributed by atoms with Crippen molar-refractivity contribution >= 4 is 0 Å². The molecule has 0 aromatic heterocycles. The molecule has 0 spiro atoms. The Kier molecular flexibility index (Phi) is 9.21. The van der Waals surface area contributed by atoms with Gasteiger partial charge in [0.1, 0.15) is 17.0 Å². The molecule has 5 aromatic carbocycles. The van der Waals surface area contributed by atoms with Crippen molar-refractivity contribution in [2.75, 3.05) is 13.1 Å². The van der Waals surface area contributed by atoms with Crippen LogP contribution in [0.5, 0.6) is 5.75 Å². The molecule has 2 heterocycles. The lowest BCUT2D eigenvalue weighted by atomic mass is 9.79. The Morgan fingerprint density at radius 3 is 1.17 bits per heavy atom. The Balaban J connectivity index is 1.19. The van der Waals surface area contributed by atoms with E-state index < -0.39 is 11.2 Å². The molecule has 2 atom stereocenters. The van der Waals surface area contributed by atoms with E-state index in [4.69, 9.17) is 0 Å². The largest absolute Gasteiger partial charge is 0.507 e. The summed E-state index contributed by atoms with van der Waals surface area (Å²) in [5.74, 6) is 0.308. The molecular weight excluding hydrogens is 592 g/mol. The van der Waals surface area contributed by atoms with Crippen LogP contribution in [-0.2, 0) is 24.3 Å². The van der Waals surface area contributed by atoms with Crippen LogP contribution in [0.4, 0.5) is 0 Å².